The Labute approximate surface area is 175 Å². The van der Waals surface area contributed by atoms with Crippen LogP contribution in [0.5, 0.6) is 0 Å². The Morgan fingerprint density at radius 2 is 1.72 bits per heavy atom. The van der Waals surface area contributed by atoms with Crippen LogP contribution in [0, 0.1) is 0 Å². The topological polar surface area (TPSA) is 49.4 Å². The van der Waals surface area contributed by atoms with E-state index in [2.05, 4.69) is 5.32 Å². The summed E-state index contributed by atoms with van der Waals surface area (Å²) in [6.07, 6.45) is 0. The third-order valence-electron chi connectivity index (χ3n) is 5.15. The van der Waals surface area contributed by atoms with Crippen LogP contribution < -0.4 is 5.32 Å². The average molecular weight is 405 g/mol. The standard InChI is InChI=1S/C24H21ClN2O2/c1-2-26-23(28)22-21-14-18(25)12-13-20(21)24(29)27(22)15-17-10-6-7-11-19(17)16-8-4-3-5-9-16/h3-14,22H,2,15H2,1H3,(H,26,28)/t22-/m1/s1. The molecule has 3 aromatic rings. The number of halogens is 1. The number of nitrogens with one attached hydrogen (secondary N) is 1. The molecule has 0 fully saturated rings. The van der Waals surface area contributed by atoms with E-state index in [0.29, 0.717) is 29.2 Å². The number of fused-ring (bicyclic) bond motifs is 1. The van der Waals surface area contributed by atoms with E-state index >= 15 is 0 Å². The maximum absolute atomic E-state index is 13.2. The summed E-state index contributed by atoms with van der Waals surface area (Å²) in [5.74, 6) is -0.352. The second-order valence-electron chi connectivity index (χ2n) is 6.98. The predicted octanol–water partition coefficient (Wildman–Crippen LogP) is 4.84. The van der Waals surface area contributed by atoms with Gasteiger partial charge in [0, 0.05) is 23.7 Å². The summed E-state index contributed by atoms with van der Waals surface area (Å²) in [5.41, 5.74) is 4.29. The molecule has 4 rings (SSSR count). The predicted molar refractivity (Wildman–Crippen MR) is 115 cm³/mol. The fraction of sp³-hybridized carbons (Fsp3) is 0.167. The van der Waals surface area contributed by atoms with Gasteiger partial charge < -0.3 is 10.2 Å². The number of benzene rings is 3. The van der Waals surface area contributed by atoms with E-state index in [-0.39, 0.29) is 11.8 Å². The molecule has 1 aliphatic rings. The highest BCUT2D eigenvalue weighted by Gasteiger charge is 2.41. The lowest BCUT2D eigenvalue weighted by Gasteiger charge is -2.25. The van der Waals surface area contributed by atoms with Gasteiger partial charge in [0.05, 0.1) is 0 Å². The zero-order valence-electron chi connectivity index (χ0n) is 16.1. The minimum atomic E-state index is -0.694. The summed E-state index contributed by atoms with van der Waals surface area (Å²) in [6, 6.07) is 22.4. The van der Waals surface area contributed by atoms with Crippen molar-refractivity contribution in [2.45, 2.75) is 19.5 Å². The molecule has 0 saturated carbocycles. The van der Waals surface area contributed by atoms with Crippen LogP contribution in [0.15, 0.2) is 72.8 Å². The summed E-state index contributed by atoms with van der Waals surface area (Å²) in [4.78, 5) is 27.7. The molecule has 0 saturated heterocycles. The van der Waals surface area contributed by atoms with E-state index in [1.165, 1.54) is 0 Å². The lowest BCUT2D eigenvalue weighted by molar-refractivity contribution is -0.125. The fourth-order valence-electron chi connectivity index (χ4n) is 3.85. The van der Waals surface area contributed by atoms with Gasteiger partial charge in [0.2, 0.25) is 5.91 Å². The largest absolute Gasteiger partial charge is 0.354 e. The van der Waals surface area contributed by atoms with Gasteiger partial charge >= 0.3 is 0 Å². The van der Waals surface area contributed by atoms with Crippen LogP contribution in [0.3, 0.4) is 0 Å². The van der Waals surface area contributed by atoms with Crippen molar-refractivity contribution in [3.05, 3.63) is 94.5 Å². The van der Waals surface area contributed by atoms with E-state index in [1.54, 1.807) is 23.1 Å². The average Bonchev–Trinajstić information content (AvgIpc) is 3.00. The fourth-order valence-corrected chi connectivity index (χ4v) is 4.03. The van der Waals surface area contributed by atoms with Crippen molar-refractivity contribution in [3.63, 3.8) is 0 Å². The van der Waals surface area contributed by atoms with Crippen LogP contribution in [0.1, 0.15) is 34.5 Å². The van der Waals surface area contributed by atoms with Gasteiger partial charge in [-0.3, -0.25) is 9.59 Å². The Morgan fingerprint density at radius 1 is 1.00 bits per heavy atom. The van der Waals surface area contributed by atoms with Gasteiger partial charge in [-0.1, -0.05) is 66.2 Å². The highest BCUT2D eigenvalue weighted by Crippen LogP contribution is 2.37. The molecule has 1 aliphatic heterocycles. The van der Waals surface area contributed by atoms with Crippen molar-refractivity contribution in [2.75, 3.05) is 6.54 Å². The minimum Gasteiger partial charge on any atom is -0.354 e. The van der Waals surface area contributed by atoms with E-state index in [4.69, 9.17) is 11.6 Å². The number of hydrogen-bond donors (Lipinski definition) is 1. The molecular weight excluding hydrogens is 384 g/mol. The SMILES string of the molecule is CCNC(=O)[C@H]1c2cc(Cl)ccc2C(=O)N1Cc1ccccc1-c1ccccc1. The zero-order valence-corrected chi connectivity index (χ0v) is 16.8. The summed E-state index contributed by atoms with van der Waals surface area (Å²) >= 11 is 6.17. The number of rotatable bonds is 5. The molecule has 1 atom stereocenters. The monoisotopic (exact) mass is 404 g/mol. The summed E-state index contributed by atoms with van der Waals surface area (Å²) < 4.78 is 0. The minimum absolute atomic E-state index is 0.157. The van der Waals surface area contributed by atoms with E-state index in [1.807, 2.05) is 61.5 Å². The smallest absolute Gasteiger partial charge is 0.255 e. The molecule has 1 heterocycles. The molecule has 5 heteroatoms. The highest BCUT2D eigenvalue weighted by atomic mass is 35.5. The molecule has 0 bridgehead atoms. The summed E-state index contributed by atoms with van der Waals surface area (Å²) in [7, 11) is 0. The van der Waals surface area contributed by atoms with Crippen LogP contribution >= 0.6 is 11.6 Å². The Balaban J connectivity index is 1.75. The quantitative estimate of drug-likeness (QED) is 0.661. The van der Waals surface area contributed by atoms with Gasteiger partial charge in [0.25, 0.3) is 5.91 Å². The molecule has 0 unspecified atom stereocenters. The molecule has 29 heavy (non-hydrogen) atoms. The second-order valence-corrected chi connectivity index (χ2v) is 7.42. The van der Waals surface area contributed by atoms with Gasteiger partial charge in [-0.2, -0.15) is 0 Å². The molecule has 146 valence electrons. The summed E-state index contributed by atoms with van der Waals surface area (Å²) in [5, 5.41) is 3.37. The molecule has 0 radical (unpaired) electrons. The Bertz CT molecular complexity index is 1070. The summed E-state index contributed by atoms with van der Waals surface area (Å²) in [6.45, 7) is 2.69. The maximum Gasteiger partial charge on any atom is 0.255 e. The first kappa shape index (κ1) is 19.2. The molecule has 0 aromatic heterocycles. The number of hydrogen-bond acceptors (Lipinski definition) is 2. The number of carbonyl (C=O) groups excluding carboxylic acids is 2. The first-order valence-electron chi connectivity index (χ1n) is 9.61. The third-order valence-corrected chi connectivity index (χ3v) is 5.39. The number of nitrogens with zero attached hydrogens (tertiary/aromatic N) is 1. The van der Waals surface area contributed by atoms with Crippen molar-refractivity contribution in [1.29, 1.82) is 0 Å². The van der Waals surface area contributed by atoms with Crippen molar-refractivity contribution in [3.8, 4) is 11.1 Å². The van der Waals surface area contributed by atoms with Gasteiger partial charge in [-0.25, -0.2) is 0 Å². The van der Waals surface area contributed by atoms with Gasteiger partial charge in [0.1, 0.15) is 6.04 Å². The second kappa shape index (κ2) is 8.10. The third kappa shape index (κ3) is 3.64. The molecule has 0 aliphatic carbocycles. The number of likely N-dealkylation sites (N-methyl/N-ethyl adjacent to an activating group) is 1. The van der Waals surface area contributed by atoms with Crippen LogP contribution in [0.2, 0.25) is 5.02 Å². The van der Waals surface area contributed by atoms with E-state index < -0.39 is 6.04 Å². The van der Waals surface area contributed by atoms with Gasteiger partial charge in [-0.05, 0) is 47.4 Å². The molecule has 2 amide bonds. The Morgan fingerprint density at radius 3 is 2.48 bits per heavy atom. The molecule has 3 aromatic carbocycles. The van der Waals surface area contributed by atoms with Gasteiger partial charge in [-0.15, -0.1) is 0 Å². The van der Waals surface area contributed by atoms with Crippen molar-refractivity contribution >= 4 is 23.4 Å². The van der Waals surface area contributed by atoms with Crippen molar-refractivity contribution in [2.24, 2.45) is 0 Å². The number of amides is 2. The van der Waals surface area contributed by atoms with Crippen LogP contribution in [-0.2, 0) is 11.3 Å². The Kier molecular flexibility index (Phi) is 5.36. The molecule has 4 nitrogen and oxygen atoms in total. The maximum atomic E-state index is 13.2. The first-order chi connectivity index (χ1) is 14.1. The van der Waals surface area contributed by atoms with E-state index in [9.17, 15) is 9.59 Å². The van der Waals surface area contributed by atoms with Gasteiger partial charge in [0.15, 0.2) is 0 Å². The lowest BCUT2D eigenvalue weighted by Crippen LogP contribution is -2.38. The van der Waals surface area contributed by atoms with Crippen LogP contribution in [-0.4, -0.2) is 23.3 Å². The van der Waals surface area contributed by atoms with Crippen molar-refractivity contribution in [1.82, 2.24) is 10.2 Å². The van der Waals surface area contributed by atoms with E-state index in [0.717, 1.165) is 16.7 Å². The van der Waals surface area contributed by atoms with Crippen LogP contribution in [0.25, 0.3) is 11.1 Å². The van der Waals surface area contributed by atoms with Crippen molar-refractivity contribution < 1.29 is 9.59 Å². The number of carbonyl (C=O) groups is 2. The molecule has 1 N–H and O–H groups in total. The van der Waals surface area contributed by atoms with Crippen LogP contribution in [0.4, 0.5) is 0 Å². The molecular formula is C24H21ClN2O2. The normalized spacial score (nSPS) is 15.3. The first-order valence-corrected chi connectivity index (χ1v) is 9.99. The molecule has 0 spiro atoms. The zero-order chi connectivity index (χ0) is 20.4. The lowest BCUT2D eigenvalue weighted by atomic mass is 9.99. The highest BCUT2D eigenvalue weighted by molar-refractivity contribution is 6.31. The Hall–Kier alpha value is -3.11.